The second-order valence-electron chi connectivity index (χ2n) is 8.27. The number of rotatable bonds is 14. The molecule has 0 saturated carbocycles. The Hall–Kier alpha value is -3.32. The Balaban J connectivity index is 1.20. The fourth-order valence-electron chi connectivity index (χ4n) is 3.50. The second-order valence-corrected chi connectivity index (χ2v) is 10.1. The van der Waals surface area contributed by atoms with E-state index in [1.807, 2.05) is 23.6 Å². The average Bonchev–Trinajstić information content (AvgIpc) is 3.60. The van der Waals surface area contributed by atoms with Crippen LogP contribution in [0, 0.1) is 0 Å². The highest BCUT2D eigenvalue weighted by atomic mass is 32.1. The number of thiazole rings is 2. The van der Waals surface area contributed by atoms with Crippen LogP contribution in [0.25, 0.3) is 21.7 Å². The van der Waals surface area contributed by atoms with E-state index in [9.17, 15) is 9.59 Å². The minimum atomic E-state index is -0.248. The first-order valence-corrected chi connectivity index (χ1v) is 14.0. The Bertz CT molecular complexity index is 1320. The topological polar surface area (TPSA) is 148 Å². The smallest absolute Gasteiger partial charge is 0.270 e. The first-order valence-electron chi connectivity index (χ1n) is 12.2. The molecule has 0 aliphatic carbocycles. The summed E-state index contributed by atoms with van der Waals surface area (Å²) < 4.78 is 0. The fraction of sp³-hybridized carbons (Fsp3) is 0.360. The van der Waals surface area contributed by atoms with Gasteiger partial charge in [0.2, 0.25) is 0 Å². The summed E-state index contributed by atoms with van der Waals surface area (Å²) in [6.07, 6.45) is 5.18. The highest BCUT2D eigenvalue weighted by Crippen LogP contribution is 2.25. The van der Waals surface area contributed by atoms with Crippen molar-refractivity contribution in [2.75, 3.05) is 32.7 Å². The van der Waals surface area contributed by atoms with Gasteiger partial charge in [-0.2, -0.15) is 0 Å². The van der Waals surface area contributed by atoms with Gasteiger partial charge in [-0.15, -0.1) is 22.7 Å². The predicted molar refractivity (Wildman–Crippen MR) is 147 cm³/mol. The number of carbonyl (C=O) groups excluding carboxylic acids is 2. The summed E-state index contributed by atoms with van der Waals surface area (Å²) in [4.78, 5) is 42.5. The fourth-order valence-corrected chi connectivity index (χ4v) is 5.11. The van der Waals surface area contributed by atoms with Gasteiger partial charge >= 0.3 is 0 Å². The molecule has 0 aliphatic rings. The van der Waals surface area contributed by atoms with E-state index in [1.54, 1.807) is 17.6 Å². The van der Waals surface area contributed by atoms with Crippen molar-refractivity contribution >= 4 is 45.5 Å². The van der Waals surface area contributed by atoms with Gasteiger partial charge in [0.15, 0.2) is 5.65 Å². The third kappa shape index (κ3) is 7.83. The van der Waals surface area contributed by atoms with E-state index in [-0.39, 0.29) is 11.8 Å². The van der Waals surface area contributed by atoms with Crippen molar-refractivity contribution in [1.82, 2.24) is 35.9 Å². The summed E-state index contributed by atoms with van der Waals surface area (Å²) in [6, 6.07) is 7.27. The molecule has 0 radical (unpaired) electrons. The Morgan fingerprint density at radius 2 is 1.68 bits per heavy atom. The molecule has 4 heterocycles. The van der Waals surface area contributed by atoms with Gasteiger partial charge in [0.05, 0.1) is 5.01 Å². The molecule has 5 N–H and O–H groups in total. The quantitative estimate of drug-likeness (QED) is 0.179. The first kappa shape index (κ1) is 26.7. The minimum absolute atomic E-state index is 0.179. The third-order valence-electron chi connectivity index (χ3n) is 5.45. The van der Waals surface area contributed by atoms with Gasteiger partial charge in [-0.05, 0) is 63.2 Å². The molecular weight excluding hydrogens is 508 g/mol. The van der Waals surface area contributed by atoms with Crippen LogP contribution in [0.15, 0.2) is 41.2 Å². The normalized spacial score (nSPS) is 11.1. The molecule has 4 aromatic heterocycles. The maximum Gasteiger partial charge on any atom is 0.270 e. The highest BCUT2D eigenvalue weighted by molar-refractivity contribution is 7.14. The van der Waals surface area contributed by atoms with Crippen molar-refractivity contribution in [2.24, 2.45) is 5.73 Å². The second kappa shape index (κ2) is 13.8. The number of carbonyl (C=O) groups is 2. The lowest BCUT2D eigenvalue weighted by Crippen LogP contribution is -2.28. The summed E-state index contributed by atoms with van der Waals surface area (Å²) in [7, 11) is 0. The molecule has 0 atom stereocenters. The van der Waals surface area contributed by atoms with Gasteiger partial charge in [0, 0.05) is 41.9 Å². The molecule has 0 fully saturated rings. The van der Waals surface area contributed by atoms with E-state index in [1.165, 1.54) is 22.7 Å². The summed E-state index contributed by atoms with van der Waals surface area (Å²) >= 11 is 2.89. The lowest BCUT2D eigenvalue weighted by Gasteiger charge is -2.05. The molecule has 0 unspecified atom stereocenters. The van der Waals surface area contributed by atoms with E-state index in [2.05, 4.69) is 35.9 Å². The molecule has 194 valence electrons. The van der Waals surface area contributed by atoms with Gasteiger partial charge in [-0.1, -0.05) is 0 Å². The minimum Gasteiger partial charge on any atom is -0.351 e. The molecule has 2 amide bonds. The molecule has 0 saturated heterocycles. The highest BCUT2D eigenvalue weighted by Gasteiger charge is 2.14. The van der Waals surface area contributed by atoms with Crippen LogP contribution < -0.4 is 21.7 Å². The molecule has 0 bridgehead atoms. The third-order valence-corrected chi connectivity index (χ3v) is 7.23. The van der Waals surface area contributed by atoms with Crippen LogP contribution in [-0.2, 0) is 6.42 Å². The van der Waals surface area contributed by atoms with Gasteiger partial charge in [0.1, 0.15) is 22.1 Å². The Kier molecular flexibility index (Phi) is 10.0. The standard InChI is InChI=1S/C25H30N8O2S2/c26-9-1-2-10-27-11-4-13-29-24(35)19-15-37-25(33-19)20-16-36-21(31-20)8-14-30-23(34)18-7-6-17-5-3-12-28-22(17)32-18/h3,5-7,12,15-16,27H,1-2,4,8-11,13-14,26H2,(H,29,35)(H,30,34). The maximum absolute atomic E-state index is 12.5. The average molecular weight is 539 g/mol. The molecule has 0 spiro atoms. The number of hydrogen-bond donors (Lipinski definition) is 4. The zero-order chi connectivity index (χ0) is 25.9. The number of aromatic nitrogens is 4. The van der Waals surface area contributed by atoms with Crippen LogP contribution in [0.4, 0.5) is 0 Å². The summed E-state index contributed by atoms with van der Waals surface area (Å²) in [5.41, 5.74) is 7.49. The van der Waals surface area contributed by atoms with Gasteiger partial charge in [0.25, 0.3) is 11.8 Å². The largest absolute Gasteiger partial charge is 0.351 e. The lowest BCUT2D eigenvalue weighted by atomic mass is 10.2. The number of unbranched alkanes of at least 4 members (excludes halogenated alkanes) is 1. The molecule has 4 aromatic rings. The van der Waals surface area contributed by atoms with Crippen molar-refractivity contribution in [3.8, 4) is 10.7 Å². The summed E-state index contributed by atoms with van der Waals surface area (Å²) in [5, 5.41) is 15.3. The number of hydrogen-bond acceptors (Lipinski definition) is 10. The van der Waals surface area contributed by atoms with E-state index in [0.717, 1.165) is 55.0 Å². The number of amides is 2. The molecule has 0 aliphatic heterocycles. The molecular formula is C25H30N8O2S2. The zero-order valence-corrected chi connectivity index (χ0v) is 22.0. The predicted octanol–water partition coefficient (Wildman–Crippen LogP) is 2.63. The van der Waals surface area contributed by atoms with Crippen LogP contribution in [0.1, 0.15) is 45.2 Å². The van der Waals surface area contributed by atoms with E-state index in [4.69, 9.17) is 5.73 Å². The molecule has 37 heavy (non-hydrogen) atoms. The van der Waals surface area contributed by atoms with Crippen molar-refractivity contribution in [2.45, 2.75) is 25.7 Å². The van der Waals surface area contributed by atoms with E-state index < -0.39 is 0 Å². The molecule has 10 nitrogen and oxygen atoms in total. The van der Waals surface area contributed by atoms with Crippen LogP contribution in [-0.4, -0.2) is 64.5 Å². The van der Waals surface area contributed by atoms with Crippen LogP contribution in [0.3, 0.4) is 0 Å². The van der Waals surface area contributed by atoms with Gasteiger partial charge < -0.3 is 21.7 Å². The number of nitrogens with one attached hydrogen (secondary N) is 3. The van der Waals surface area contributed by atoms with E-state index >= 15 is 0 Å². The summed E-state index contributed by atoms with van der Waals surface area (Å²) in [6.45, 7) is 3.54. The lowest BCUT2D eigenvalue weighted by molar-refractivity contribution is 0.0941. The van der Waals surface area contributed by atoms with Crippen molar-refractivity contribution in [1.29, 1.82) is 0 Å². The number of fused-ring (bicyclic) bond motifs is 1. The Morgan fingerprint density at radius 3 is 2.57 bits per heavy atom. The van der Waals surface area contributed by atoms with Crippen LogP contribution in [0.2, 0.25) is 0 Å². The Labute approximate surface area is 223 Å². The van der Waals surface area contributed by atoms with Gasteiger partial charge in [-0.25, -0.2) is 19.9 Å². The number of nitrogens with zero attached hydrogens (tertiary/aromatic N) is 4. The van der Waals surface area contributed by atoms with E-state index in [0.29, 0.717) is 41.6 Å². The first-order chi connectivity index (χ1) is 18.1. The molecule has 12 heteroatoms. The number of nitrogens with two attached hydrogens (primary N) is 1. The van der Waals surface area contributed by atoms with Gasteiger partial charge in [-0.3, -0.25) is 9.59 Å². The molecule has 4 rings (SSSR count). The maximum atomic E-state index is 12.5. The Morgan fingerprint density at radius 1 is 0.838 bits per heavy atom. The van der Waals surface area contributed by atoms with Crippen molar-refractivity contribution in [3.63, 3.8) is 0 Å². The monoisotopic (exact) mass is 538 g/mol. The zero-order valence-electron chi connectivity index (χ0n) is 20.4. The SMILES string of the molecule is NCCCCNCCCNC(=O)c1csc(-c2csc(CCNC(=O)c3ccc4cccnc4n3)n2)n1. The van der Waals surface area contributed by atoms with Crippen LogP contribution in [0.5, 0.6) is 0 Å². The number of pyridine rings is 2. The summed E-state index contributed by atoms with van der Waals surface area (Å²) in [5.74, 6) is -0.427. The molecule has 0 aromatic carbocycles. The van der Waals surface area contributed by atoms with Crippen molar-refractivity contribution in [3.05, 3.63) is 57.6 Å². The van der Waals surface area contributed by atoms with Crippen LogP contribution >= 0.6 is 22.7 Å². The van der Waals surface area contributed by atoms with Crippen molar-refractivity contribution < 1.29 is 9.59 Å².